The van der Waals surface area contributed by atoms with Gasteiger partial charge in [0.05, 0.1) is 29.2 Å². The lowest BCUT2D eigenvalue weighted by Crippen LogP contribution is -2.54. The molecule has 178 valence electrons. The number of rotatable bonds is 7. The molecule has 0 aliphatic carbocycles. The van der Waals surface area contributed by atoms with E-state index in [0.717, 1.165) is 22.9 Å². The minimum atomic E-state index is -2.80. The van der Waals surface area contributed by atoms with Gasteiger partial charge in [-0.2, -0.15) is 13.9 Å². The molecule has 6 amide bonds. The first-order valence-electron chi connectivity index (χ1n) is 10.5. The molecule has 0 spiro atoms. The number of imide groups is 2. The van der Waals surface area contributed by atoms with Crippen LogP contribution in [0.2, 0.25) is 0 Å². The van der Waals surface area contributed by atoms with Crippen molar-refractivity contribution in [3.8, 4) is 0 Å². The molecule has 0 bridgehead atoms. The molecule has 0 saturated carbocycles. The number of nitrogens with zero attached hydrogens (tertiary/aromatic N) is 3. The second-order valence-corrected chi connectivity index (χ2v) is 7.80. The van der Waals surface area contributed by atoms with Gasteiger partial charge in [-0.25, -0.2) is 9.48 Å². The SMILES string of the molecule is O=C1CCC(N2C(=O)c3ccc(CCCNC(=O)Nc4cnn(C(F)F)c4)cc3C2=O)C(=O)N1. The van der Waals surface area contributed by atoms with E-state index in [1.54, 1.807) is 12.1 Å². The molecule has 2 aromatic rings. The van der Waals surface area contributed by atoms with Crippen molar-refractivity contribution in [2.45, 2.75) is 38.3 Å². The predicted molar refractivity (Wildman–Crippen MR) is 112 cm³/mol. The van der Waals surface area contributed by atoms with Crippen molar-refractivity contribution in [1.29, 1.82) is 0 Å². The molecule has 1 aromatic carbocycles. The Morgan fingerprint density at radius 2 is 1.94 bits per heavy atom. The molecule has 1 fully saturated rings. The molecule has 2 aliphatic rings. The highest BCUT2D eigenvalue weighted by molar-refractivity contribution is 6.23. The predicted octanol–water partition coefficient (Wildman–Crippen LogP) is 1.43. The second-order valence-electron chi connectivity index (χ2n) is 7.80. The Bertz CT molecular complexity index is 1180. The minimum absolute atomic E-state index is 0.0458. The third-order valence-corrected chi connectivity index (χ3v) is 5.49. The van der Waals surface area contributed by atoms with E-state index in [9.17, 15) is 32.8 Å². The number of amides is 6. The first-order chi connectivity index (χ1) is 16.2. The number of nitrogens with one attached hydrogen (secondary N) is 3. The molecule has 3 N–H and O–H groups in total. The van der Waals surface area contributed by atoms with Crippen LogP contribution in [0.5, 0.6) is 0 Å². The van der Waals surface area contributed by atoms with Crippen LogP contribution in [0.3, 0.4) is 0 Å². The summed E-state index contributed by atoms with van der Waals surface area (Å²) in [5, 5.41) is 10.6. The van der Waals surface area contributed by atoms with E-state index in [1.165, 1.54) is 6.07 Å². The van der Waals surface area contributed by atoms with Crippen LogP contribution in [0.1, 0.15) is 52.1 Å². The van der Waals surface area contributed by atoms with Crippen molar-refractivity contribution in [2.75, 3.05) is 11.9 Å². The summed E-state index contributed by atoms with van der Waals surface area (Å²) in [6, 6.07) is 3.20. The molecule has 4 rings (SSSR count). The Kier molecular flexibility index (Phi) is 6.34. The molecule has 1 atom stereocenters. The van der Waals surface area contributed by atoms with Gasteiger partial charge in [-0.3, -0.25) is 29.4 Å². The number of hydrogen-bond donors (Lipinski definition) is 3. The average molecular weight is 474 g/mol. The standard InChI is InChI=1S/C21H20F2N6O5/c22-20(23)28-10-12(9-25-28)26-21(34)24-7-1-2-11-3-4-13-14(8-11)19(33)29(18(13)32)15-5-6-16(30)27-17(15)31/h3-4,8-10,15,20H,1-2,5-7H2,(H2,24,26,34)(H,27,30,31). The Hall–Kier alpha value is -4.16. The number of aromatic nitrogens is 2. The molecular weight excluding hydrogens is 454 g/mol. The normalized spacial score (nSPS) is 17.7. The zero-order valence-electron chi connectivity index (χ0n) is 17.7. The van der Waals surface area contributed by atoms with Gasteiger partial charge in [-0.1, -0.05) is 6.07 Å². The lowest BCUT2D eigenvalue weighted by molar-refractivity contribution is -0.136. The Morgan fingerprint density at radius 1 is 1.18 bits per heavy atom. The van der Waals surface area contributed by atoms with Crippen LogP contribution in [0, 0.1) is 0 Å². The summed E-state index contributed by atoms with van der Waals surface area (Å²) in [5.74, 6) is -2.27. The Labute approximate surface area is 191 Å². The molecule has 11 nitrogen and oxygen atoms in total. The summed E-state index contributed by atoms with van der Waals surface area (Å²) in [5.41, 5.74) is 1.26. The Morgan fingerprint density at radius 3 is 2.65 bits per heavy atom. The summed E-state index contributed by atoms with van der Waals surface area (Å²) in [6.45, 7) is -2.54. The van der Waals surface area contributed by atoms with Crippen molar-refractivity contribution in [3.05, 3.63) is 47.3 Å². The van der Waals surface area contributed by atoms with E-state index in [0.29, 0.717) is 17.5 Å². The van der Waals surface area contributed by atoms with E-state index < -0.39 is 42.3 Å². The van der Waals surface area contributed by atoms with E-state index in [1.807, 2.05) is 0 Å². The summed E-state index contributed by atoms with van der Waals surface area (Å²) >= 11 is 0. The molecule has 34 heavy (non-hydrogen) atoms. The average Bonchev–Trinajstić information content (AvgIpc) is 3.35. The molecule has 3 heterocycles. The van der Waals surface area contributed by atoms with Crippen LogP contribution < -0.4 is 16.0 Å². The highest BCUT2D eigenvalue weighted by atomic mass is 19.3. The smallest absolute Gasteiger partial charge is 0.333 e. The Balaban J connectivity index is 1.30. The second kappa shape index (κ2) is 9.37. The van der Waals surface area contributed by atoms with Crippen LogP contribution >= 0.6 is 0 Å². The van der Waals surface area contributed by atoms with Crippen LogP contribution in [0.4, 0.5) is 19.3 Å². The van der Waals surface area contributed by atoms with Gasteiger partial charge in [0.25, 0.3) is 11.8 Å². The van der Waals surface area contributed by atoms with E-state index in [2.05, 4.69) is 21.0 Å². The first-order valence-corrected chi connectivity index (χ1v) is 10.5. The van der Waals surface area contributed by atoms with E-state index in [-0.39, 0.29) is 36.2 Å². The number of aryl methyl sites for hydroxylation is 1. The maximum Gasteiger partial charge on any atom is 0.333 e. The number of urea groups is 1. The maximum atomic E-state index is 12.8. The number of anilines is 1. The highest BCUT2D eigenvalue weighted by Crippen LogP contribution is 2.28. The monoisotopic (exact) mass is 474 g/mol. The summed E-state index contributed by atoms with van der Waals surface area (Å²) in [7, 11) is 0. The molecular formula is C21H20F2N6O5. The number of benzene rings is 1. The fourth-order valence-electron chi connectivity index (χ4n) is 3.85. The van der Waals surface area contributed by atoms with Crippen LogP contribution in [0.25, 0.3) is 0 Å². The fourth-order valence-corrected chi connectivity index (χ4v) is 3.85. The van der Waals surface area contributed by atoms with Crippen LogP contribution in [-0.2, 0) is 16.0 Å². The quantitative estimate of drug-likeness (QED) is 0.409. The van der Waals surface area contributed by atoms with Gasteiger partial charge >= 0.3 is 12.6 Å². The van der Waals surface area contributed by atoms with Crippen molar-refractivity contribution in [1.82, 2.24) is 25.3 Å². The summed E-state index contributed by atoms with van der Waals surface area (Å²) in [4.78, 5) is 61.8. The zero-order valence-corrected chi connectivity index (χ0v) is 17.7. The molecule has 2 aliphatic heterocycles. The van der Waals surface area contributed by atoms with Crippen LogP contribution in [-0.4, -0.2) is 56.9 Å². The van der Waals surface area contributed by atoms with E-state index in [4.69, 9.17) is 0 Å². The fraction of sp³-hybridized carbons (Fsp3) is 0.333. The van der Waals surface area contributed by atoms with Crippen molar-refractivity contribution in [2.24, 2.45) is 0 Å². The summed E-state index contributed by atoms with van der Waals surface area (Å²) in [6.07, 6.45) is 3.22. The number of piperidine rings is 1. The highest BCUT2D eigenvalue weighted by Gasteiger charge is 2.44. The van der Waals surface area contributed by atoms with Crippen LogP contribution in [0.15, 0.2) is 30.6 Å². The third kappa shape index (κ3) is 4.63. The molecule has 1 aromatic heterocycles. The number of fused-ring (bicyclic) bond motifs is 1. The lowest BCUT2D eigenvalue weighted by atomic mass is 10.0. The van der Waals surface area contributed by atoms with Crippen molar-refractivity contribution in [3.63, 3.8) is 0 Å². The van der Waals surface area contributed by atoms with Gasteiger partial charge in [-0.05, 0) is 37.0 Å². The van der Waals surface area contributed by atoms with Gasteiger partial charge in [0.1, 0.15) is 6.04 Å². The first kappa shape index (κ1) is 23.0. The third-order valence-electron chi connectivity index (χ3n) is 5.49. The van der Waals surface area contributed by atoms with Crippen molar-refractivity contribution >= 4 is 35.3 Å². The zero-order chi connectivity index (χ0) is 24.4. The number of halogens is 2. The number of carbonyl (C=O) groups is 5. The summed E-state index contributed by atoms with van der Waals surface area (Å²) < 4.78 is 25.4. The lowest BCUT2D eigenvalue weighted by Gasteiger charge is -2.27. The molecule has 13 heteroatoms. The topological polar surface area (TPSA) is 142 Å². The largest absolute Gasteiger partial charge is 0.338 e. The molecule has 1 saturated heterocycles. The number of alkyl halides is 2. The minimum Gasteiger partial charge on any atom is -0.338 e. The van der Waals surface area contributed by atoms with Crippen molar-refractivity contribution < 1.29 is 32.8 Å². The maximum absolute atomic E-state index is 12.8. The number of carbonyl (C=O) groups excluding carboxylic acids is 5. The van der Waals surface area contributed by atoms with Gasteiger partial charge in [-0.15, -0.1) is 0 Å². The number of hydrogen-bond acceptors (Lipinski definition) is 6. The van der Waals surface area contributed by atoms with Gasteiger partial charge < -0.3 is 10.6 Å². The van der Waals surface area contributed by atoms with E-state index >= 15 is 0 Å². The van der Waals surface area contributed by atoms with Gasteiger partial charge in [0.2, 0.25) is 11.8 Å². The van der Waals surface area contributed by atoms with Gasteiger partial charge in [0, 0.05) is 13.0 Å². The molecule has 1 unspecified atom stereocenters. The molecule has 0 radical (unpaired) electrons. The van der Waals surface area contributed by atoms with Gasteiger partial charge in [0.15, 0.2) is 0 Å².